The second-order valence-corrected chi connectivity index (χ2v) is 4.85. The van der Waals surface area contributed by atoms with Crippen molar-refractivity contribution in [3.05, 3.63) is 0 Å². The Hall–Kier alpha value is -1.43. The molecular formula is C12H19N3O3. The SMILES string of the molecule is CNC1CCCC(=O)N2CCC(C(C)=O)N2C1=O. The van der Waals surface area contributed by atoms with Gasteiger partial charge in [0.2, 0.25) is 5.91 Å². The first-order valence-corrected chi connectivity index (χ1v) is 6.37. The molecule has 2 unspecified atom stereocenters. The fourth-order valence-electron chi connectivity index (χ4n) is 2.67. The third-order valence-electron chi connectivity index (χ3n) is 3.68. The molecule has 2 aliphatic heterocycles. The monoisotopic (exact) mass is 253 g/mol. The van der Waals surface area contributed by atoms with E-state index in [1.807, 2.05) is 0 Å². The largest absolute Gasteiger partial charge is 0.309 e. The Kier molecular flexibility index (Phi) is 3.65. The summed E-state index contributed by atoms with van der Waals surface area (Å²) in [6.07, 6.45) is 2.32. The number of Topliss-reactive ketones (excluding diaryl/α,β-unsaturated/α-hetero) is 1. The predicted molar refractivity (Wildman–Crippen MR) is 64.3 cm³/mol. The number of carbonyl (C=O) groups excluding carboxylic acids is 3. The second kappa shape index (κ2) is 5.06. The number of hydrazine groups is 1. The lowest BCUT2D eigenvalue weighted by Gasteiger charge is -2.35. The summed E-state index contributed by atoms with van der Waals surface area (Å²) in [6, 6.07) is -0.782. The topological polar surface area (TPSA) is 69.7 Å². The van der Waals surface area contributed by atoms with E-state index in [9.17, 15) is 14.4 Å². The summed E-state index contributed by atoms with van der Waals surface area (Å²) >= 11 is 0. The number of nitrogens with zero attached hydrogens (tertiary/aromatic N) is 2. The van der Waals surface area contributed by atoms with Crippen molar-refractivity contribution in [3.63, 3.8) is 0 Å². The van der Waals surface area contributed by atoms with Crippen molar-refractivity contribution in [1.82, 2.24) is 15.3 Å². The summed E-state index contributed by atoms with van der Waals surface area (Å²) in [5.41, 5.74) is 0. The zero-order valence-corrected chi connectivity index (χ0v) is 10.8. The van der Waals surface area contributed by atoms with Crippen LogP contribution in [0.25, 0.3) is 0 Å². The molecule has 0 aliphatic carbocycles. The van der Waals surface area contributed by atoms with Crippen molar-refractivity contribution in [2.24, 2.45) is 0 Å². The molecule has 0 bridgehead atoms. The Labute approximate surface area is 106 Å². The molecule has 18 heavy (non-hydrogen) atoms. The van der Waals surface area contributed by atoms with E-state index in [2.05, 4.69) is 5.32 Å². The molecule has 0 aromatic rings. The lowest BCUT2D eigenvalue weighted by molar-refractivity contribution is -0.166. The molecule has 2 saturated heterocycles. The van der Waals surface area contributed by atoms with Gasteiger partial charge in [0, 0.05) is 13.0 Å². The zero-order chi connectivity index (χ0) is 13.3. The van der Waals surface area contributed by atoms with Crippen LogP contribution < -0.4 is 5.32 Å². The van der Waals surface area contributed by atoms with E-state index < -0.39 is 6.04 Å². The summed E-state index contributed by atoms with van der Waals surface area (Å²) in [7, 11) is 1.73. The van der Waals surface area contributed by atoms with Crippen molar-refractivity contribution >= 4 is 17.6 Å². The molecule has 2 aliphatic rings. The Bertz CT molecular complexity index is 383. The molecule has 2 atom stereocenters. The fraction of sp³-hybridized carbons (Fsp3) is 0.750. The van der Waals surface area contributed by atoms with Gasteiger partial charge in [0.25, 0.3) is 5.91 Å². The maximum Gasteiger partial charge on any atom is 0.258 e. The highest BCUT2D eigenvalue weighted by Gasteiger charge is 2.43. The second-order valence-electron chi connectivity index (χ2n) is 4.85. The van der Waals surface area contributed by atoms with E-state index in [0.717, 1.165) is 0 Å². The molecule has 2 rings (SSSR count). The number of rotatable bonds is 2. The summed E-state index contributed by atoms with van der Waals surface area (Å²) in [6.45, 7) is 1.93. The van der Waals surface area contributed by atoms with Gasteiger partial charge in [0.1, 0.15) is 6.04 Å². The third-order valence-corrected chi connectivity index (χ3v) is 3.68. The first-order valence-electron chi connectivity index (χ1n) is 6.37. The average Bonchev–Trinajstić information content (AvgIpc) is 2.76. The van der Waals surface area contributed by atoms with Gasteiger partial charge < -0.3 is 5.32 Å². The molecule has 0 saturated carbocycles. The van der Waals surface area contributed by atoms with Crippen LogP contribution in [0, 0.1) is 0 Å². The molecule has 6 heteroatoms. The van der Waals surface area contributed by atoms with E-state index in [4.69, 9.17) is 0 Å². The van der Waals surface area contributed by atoms with Gasteiger partial charge in [-0.1, -0.05) is 0 Å². The molecule has 0 aromatic carbocycles. The number of fused-ring (bicyclic) bond motifs is 1. The minimum atomic E-state index is -0.476. The molecular weight excluding hydrogens is 234 g/mol. The third kappa shape index (κ3) is 2.12. The highest BCUT2D eigenvalue weighted by atomic mass is 16.2. The quantitative estimate of drug-likeness (QED) is 0.733. The summed E-state index contributed by atoms with van der Waals surface area (Å²) in [5.74, 6) is -0.279. The first-order chi connectivity index (χ1) is 8.56. The Morgan fingerprint density at radius 1 is 1.33 bits per heavy atom. The van der Waals surface area contributed by atoms with Crippen molar-refractivity contribution < 1.29 is 14.4 Å². The van der Waals surface area contributed by atoms with Crippen molar-refractivity contribution in [2.45, 2.75) is 44.7 Å². The molecule has 0 aromatic heterocycles. The van der Waals surface area contributed by atoms with Crippen LogP contribution >= 0.6 is 0 Å². The smallest absolute Gasteiger partial charge is 0.258 e. The van der Waals surface area contributed by atoms with Crippen LogP contribution in [0.3, 0.4) is 0 Å². The number of hydrogen-bond acceptors (Lipinski definition) is 4. The minimum Gasteiger partial charge on any atom is -0.309 e. The van der Waals surface area contributed by atoms with Crippen LogP contribution in [0.4, 0.5) is 0 Å². The van der Waals surface area contributed by atoms with Crippen LogP contribution in [-0.4, -0.2) is 53.3 Å². The highest BCUT2D eigenvalue weighted by molar-refractivity contribution is 5.92. The van der Waals surface area contributed by atoms with Gasteiger partial charge in [-0.25, -0.2) is 5.01 Å². The molecule has 2 heterocycles. The Balaban J connectivity index is 2.30. The molecule has 0 radical (unpaired) electrons. The average molecular weight is 253 g/mol. The molecule has 100 valence electrons. The van der Waals surface area contributed by atoms with Gasteiger partial charge in [-0.2, -0.15) is 0 Å². The zero-order valence-electron chi connectivity index (χ0n) is 10.8. The number of likely N-dealkylation sites (N-methyl/N-ethyl adjacent to an activating group) is 1. The van der Waals surface area contributed by atoms with Crippen LogP contribution in [-0.2, 0) is 14.4 Å². The van der Waals surface area contributed by atoms with E-state index in [1.165, 1.54) is 16.9 Å². The number of nitrogens with one attached hydrogen (secondary N) is 1. The van der Waals surface area contributed by atoms with Gasteiger partial charge in [-0.05, 0) is 33.2 Å². The van der Waals surface area contributed by atoms with E-state index in [1.54, 1.807) is 7.05 Å². The molecule has 1 N–H and O–H groups in total. The van der Waals surface area contributed by atoms with Gasteiger partial charge in [0.15, 0.2) is 5.78 Å². The summed E-state index contributed by atoms with van der Waals surface area (Å²) in [5, 5.41) is 5.80. The maximum atomic E-state index is 12.4. The minimum absolute atomic E-state index is 0.0540. The van der Waals surface area contributed by atoms with Gasteiger partial charge in [0.05, 0.1) is 6.04 Å². The number of hydrogen-bond donors (Lipinski definition) is 1. The standard InChI is InChI=1S/C12H19N3O3/c1-8(16)10-6-7-14-11(17)5-3-4-9(13-2)12(18)15(10)14/h9-10,13H,3-7H2,1-2H3. The summed E-state index contributed by atoms with van der Waals surface area (Å²) < 4.78 is 0. The van der Waals surface area contributed by atoms with Gasteiger partial charge >= 0.3 is 0 Å². The molecule has 2 amide bonds. The highest BCUT2D eigenvalue weighted by Crippen LogP contribution is 2.25. The Morgan fingerprint density at radius 2 is 2.06 bits per heavy atom. The van der Waals surface area contributed by atoms with Gasteiger partial charge in [-0.3, -0.25) is 19.4 Å². The van der Waals surface area contributed by atoms with Crippen molar-refractivity contribution in [2.75, 3.05) is 13.6 Å². The normalized spacial score (nSPS) is 29.0. The molecule has 2 fully saturated rings. The van der Waals surface area contributed by atoms with E-state index >= 15 is 0 Å². The van der Waals surface area contributed by atoms with E-state index in [-0.39, 0.29) is 23.6 Å². The Morgan fingerprint density at radius 3 is 2.67 bits per heavy atom. The van der Waals surface area contributed by atoms with Crippen LogP contribution in [0.1, 0.15) is 32.6 Å². The number of carbonyl (C=O) groups is 3. The molecule has 6 nitrogen and oxygen atoms in total. The van der Waals surface area contributed by atoms with Crippen LogP contribution in [0.2, 0.25) is 0 Å². The van der Waals surface area contributed by atoms with Crippen LogP contribution in [0.15, 0.2) is 0 Å². The van der Waals surface area contributed by atoms with Gasteiger partial charge in [-0.15, -0.1) is 0 Å². The maximum absolute atomic E-state index is 12.4. The molecule has 0 spiro atoms. The number of amides is 2. The fourth-order valence-corrected chi connectivity index (χ4v) is 2.67. The van der Waals surface area contributed by atoms with Crippen LogP contribution in [0.5, 0.6) is 0 Å². The predicted octanol–water partition coefficient (Wildman–Crippen LogP) is -0.308. The van der Waals surface area contributed by atoms with Crippen molar-refractivity contribution in [1.29, 1.82) is 0 Å². The number of ketones is 1. The van der Waals surface area contributed by atoms with Crippen molar-refractivity contribution in [3.8, 4) is 0 Å². The first kappa shape index (κ1) is 13.0. The lowest BCUT2D eigenvalue weighted by atomic mass is 10.1. The summed E-state index contributed by atoms with van der Waals surface area (Å²) in [4.78, 5) is 35.9. The van der Waals surface area contributed by atoms with E-state index in [0.29, 0.717) is 32.2 Å². The lowest BCUT2D eigenvalue weighted by Crippen LogP contribution is -2.57.